The number of hydrogen-bond acceptors (Lipinski definition) is 5. The fraction of sp³-hybridized carbons (Fsp3) is 0.529. The van der Waals surface area contributed by atoms with E-state index in [0.717, 1.165) is 24.3 Å². The van der Waals surface area contributed by atoms with Crippen molar-refractivity contribution < 1.29 is 8.42 Å². The van der Waals surface area contributed by atoms with Crippen molar-refractivity contribution in [1.29, 1.82) is 0 Å². The van der Waals surface area contributed by atoms with E-state index in [9.17, 15) is 8.42 Å². The van der Waals surface area contributed by atoms with Crippen molar-refractivity contribution in [3.05, 3.63) is 29.7 Å². The SMILES string of the molecule is Cc1cc(NS(=O)(=O)c2cn(C)nc2C)cnc1N1CCCCC1C. The number of piperidine rings is 1. The summed E-state index contributed by atoms with van der Waals surface area (Å²) in [7, 11) is -1.97. The highest BCUT2D eigenvalue weighted by atomic mass is 32.2. The zero-order chi connectivity index (χ0) is 18.2. The first-order valence-corrected chi connectivity index (χ1v) is 10.0. The summed E-state index contributed by atoms with van der Waals surface area (Å²) in [4.78, 5) is 7.03. The third kappa shape index (κ3) is 3.63. The summed E-state index contributed by atoms with van der Waals surface area (Å²) in [5.74, 6) is 0.938. The van der Waals surface area contributed by atoms with E-state index in [1.165, 1.54) is 23.7 Å². The maximum Gasteiger partial charge on any atom is 0.265 e. The van der Waals surface area contributed by atoms with E-state index in [-0.39, 0.29) is 4.90 Å². The van der Waals surface area contributed by atoms with E-state index in [0.29, 0.717) is 17.4 Å². The number of sulfonamides is 1. The Balaban J connectivity index is 1.84. The molecule has 1 N–H and O–H groups in total. The number of aryl methyl sites for hydroxylation is 3. The van der Waals surface area contributed by atoms with Crippen LogP contribution in [-0.4, -0.2) is 35.8 Å². The van der Waals surface area contributed by atoms with Crippen LogP contribution in [-0.2, 0) is 17.1 Å². The van der Waals surface area contributed by atoms with Gasteiger partial charge in [0.05, 0.1) is 17.6 Å². The second-order valence-corrected chi connectivity index (χ2v) is 8.41. The summed E-state index contributed by atoms with van der Waals surface area (Å²) in [5, 5.41) is 4.10. The Morgan fingerprint density at radius 3 is 2.64 bits per heavy atom. The van der Waals surface area contributed by atoms with Crippen LogP contribution in [0.2, 0.25) is 0 Å². The van der Waals surface area contributed by atoms with Gasteiger partial charge in [-0.25, -0.2) is 13.4 Å². The number of nitrogens with one attached hydrogen (secondary N) is 1. The Morgan fingerprint density at radius 1 is 1.28 bits per heavy atom. The lowest BCUT2D eigenvalue weighted by atomic mass is 10.0. The molecule has 3 heterocycles. The molecule has 1 aliphatic heterocycles. The lowest BCUT2D eigenvalue weighted by molar-refractivity contribution is 0.480. The summed E-state index contributed by atoms with van der Waals surface area (Å²) in [5.41, 5.74) is 1.91. The van der Waals surface area contributed by atoms with E-state index in [1.807, 2.05) is 13.0 Å². The number of pyridine rings is 1. The Kier molecular flexibility index (Phi) is 4.73. The first-order valence-electron chi connectivity index (χ1n) is 8.54. The third-order valence-electron chi connectivity index (χ3n) is 4.64. The van der Waals surface area contributed by atoms with Crippen LogP contribution in [0.25, 0.3) is 0 Å². The van der Waals surface area contributed by atoms with Crippen LogP contribution in [0.3, 0.4) is 0 Å². The van der Waals surface area contributed by atoms with Crippen molar-refractivity contribution in [2.45, 2.75) is 51.0 Å². The predicted molar refractivity (Wildman–Crippen MR) is 98.4 cm³/mol. The molecule has 2 aromatic rings. The Labute approximate surface area is 149 Å². The van der Waals surface area contributed by atoms with Crippen LogP contribution in [0, 0.1) is 13.8 Å². The zero-order valence-corrected chi connectivity index (χ0v) is 16.0. The zero-order valence-electron chi connectivity index (χ0n) is 15.2. The van der Waals surface area contributed by atoms with E-state index >= 15 is 0 Å². The number of rotatable bonds is 4. The van der Waals surface area contributed by atoms with Crippen molar-refractivity contribution in [3.8, 4) is 0 Å². The van der Waals surface area contributed by atoms with Gasteiger partial charge in [0.15, 0.2) is 0 Å². The normalized spacial score (nSPS) is 18.4. The molecular formula is C17H25N5O2S. The van der Waals surface area contributed by atoms with Crippen LogP contribution in [0.15, 0.2) is 23.4 Å². The Hall–Kier alpha value is -2.09. The van der Waals surface area contributed by atoms with E-state index in [2.05, 4.69) is 26.6 Å². The molecule has 1 unspecified atom stereocenters. The molecule has 3 rings (SSSR count). The summed E-state index contributed by atoms with van der Waals surface area (Å²) in [6.07, 6.45) is 6.67. The average Bonchev–Trinajstić information content (AvgIpc) is 2.88. The lowest BCUT2D eigenvalue weighted by Crippen LogP contribution is -2.38. The van der Waals surface area contributed by atoms with Gasteiger partial charge in [0.2, 0.25) is 0 Å². The number of hydrogen-bond donors (Lipinski definition) is 1. The largest absolute Gasteiger partial charge is 0.354 e. The van der Waals surface area contributed by atoms with Gasteiger partial charge in [0.25, 0.3) is 10.0 Å². The molecular weight excluding hydrogens is 338 g/mol. The third-order valence-corrected chi connectivity index (χ3v) is 6.12. The molecule has 7 nitrogen and oxygen atoms in total. The Bertz CT molecular complexity index is 875. The highest BCUT2D eigenvalue weighted by Crippen LogP contribution is 2.28. The number of aromatic nitrogens is 3. The molecule has 0 aliphatic carbocycles. The minimum Gasteiger partial charge on any atom is -0.354 e. The monoisotopic (exact) mass is 363 g/mol. The second kappa shape index (κ2) is 6.67. The van der Waals surface area contributed by atoms with E-state index in [1.54, 1.807) is 20.2 Å². The topological polar surface area (TPSA) is 80.1 Å². The molecule has 25 heavy (non-hydrogen) atoms. The molecule has 0 saturated carbocycles. The van der Waals surface area contributed by atoms with Crippen LogP contribution in [0.5, 0.6) is 0 Å². The van der Waals surface area contributed by atoms with Crippen molar-refractivity contribution in [2.24, 2.45) is 7.05 Å². The molecule has 1 aliphatic rings. The highest BCUT2D eigenvalue weighted by Gasteiger charge is 2.23. The predicted octanol–water partition coefficient (Wildman–Crippen LogP) is 2.61. The second-order valence-electron chi connectivity index (χ2n) is 6.76. The number of anilines is 2. The molecule has 8 heteroatoms. The maximum atomic E-state index is 12.6. The van der Waals surface area contributed by atoms with Gasteiger partial charge < -0.3 is 4.90 Å². The van der Waals surface area contributed by atoms with Gasteiger partial charge in [0, 0.05) is 25.8 Å². The standard InChI is InChI=1S/C17H25N5O2S/c1-12-9-15(10-18-17(12)22-8-6-5-7-13(22)2)20-25(23,24)16-11-21(4)19-14(16)3/h9-11,13,20H,5-8H2,1-4H3. The maximum absolute atomic E-state index is 12.6. The summed E-state index contributed by atoms with van der Waals surface area (Å²) in [6, 6.07) is 2.30. The highest BCUT2D eigenvalue weighted by molar-refractivity contribution is 7.92. The van der Waals surface area contributed by atoms with Crippen LogP contribution in [0.1, 0.15) is 37.4 Å². The van der Waals surface area contributed by atoms with Crippen molar-refractivity contribution in [3.63, 3.8) is 0 Å². The van der Waals surface area contributed by atoms with Gasteiger partial charge in [0.1, 0.15) is 10.7 Å². The van der Waals surface area contributed by atoms with Gasteiger partial charge in [-0.1, -0.05) is 0 Å². The molecule has 1 saturated heterocycles. The smallest absolute Gasteiger partial charge is 0.265 e. The lowest BCUT2D eigenvalue weighted by Gasteiger charge is -2.35. The molecule has 0 bridgehead atoms. The molecule has 2 aromatic heterocycles. The number of nitrogens with zero attached hydrogens (tertiary/aromatic N) is 4. The molecule has 0 spiro atoms. The van der Waals surface area contributed by atoms with Crippen molar-refractivity contribution >= 4 is 21.5 Å². The fourth-order valence-corrected chi connectivity index (χ4v) is 4.64. The van der Waals surface area contributed by atoms with Gasteiger partial charge in [-0.2, -0.15) is 5.10 Å². The minimum absolute atomic E-state index is 0.182. The molecule has 0 aromatic carbocycles. The first kappa shape index (κ1) is 17.7. The molecule has 0 radical (unpaired) electrons. The van der Waals surface area contributed by atoms with Gasteiger partial charge in [-0.3, -0.25) is 9.40 Å². The molecule has 1 fully saturated rings. The summed E-state index contributed by atoms with van der Waals surface area (Å²) >= 11 is 0. The van der Waals surface area contributed by atoms with Crippen molar-refractivity contribution in [1.82, 2.24) is 14.8 Å². The first-order chi connectivity index (χ1) is 11.8. The van der Waals surface area contributed by atoms with E-state index in [4.69, 9.17) is 0 Å². The van der Waals surface area contributed by atoms with Crippen molar-refractivity contribution in [2.75, 3.05) is 16.2 Å². The van der Waals surface area contributed by atoms with Crippen LogP contribution >= 0.6 is 0 Å². The molecule has 136 valence electrons. The quantitative estimate of drug-likeness (QED) is 0.903. The van der Waals surface area contributed by atoms with Crippen LogP contribution in [0.4, 0.5) is 11.5 Å². The Morgan fingerprint density at radius 2 is 2.04 bits per heavy atom. The van der Waals surface area contributed by atoms with Gasteiger partial charge in [-0.05, 0) is 51.7 Å². The van der Waals surface area contributed by atoms with Gasteiger partial charge >= 0.3 is 0 Å². The summed E-state index contributed by atoms with van der Waals surface area (Å²) in [6.45, 7) is 6.85. The van der Waals surface area contributed by atoms with E-state index < -0.39 is 10.0 Å². The summed E-state index contributed by atoms with van der Waals surface area (Å²) < 4.78 is 29.3. The average molecular weight is 363 g/mol. The molecule has 1 atom stereocenters. The fourth-order valence-electron chi connectivity index (χ4n) is 3.39. The molecule has 0 amide bonds. The minimum atomic E-state index is -3.68. The van der Waals surface area contributed by atoms with Gasteiger partial charge in [-0.15, -0.1) is 0 Å². The van der Waals surface area contributed by atoms with Crippen LogP contribution < -0.4 is 9.62 Å².